The zero-order valence-corrected chi connectivity index (χ0v) is 14.6. The molecule has 0 radical (unpaired) electrons. The van der Waals surface area contributed by atoms with Gasteiger partial charge >= 0.3 is 0 Å². The van der Waals surface area contributed by atoms with E-state index in [4.69, 9.17) is 11.6 Å². The molecule has 2 N–H and O–H groups in total. The largest absolute Gasteiger partial charge is 0.340 e. The number of nitrogens with one attached hydrogen (secondary N) is 2. The molecule has 6 heteroatoms. The third kappa shape index (κ3) is 4.33. The van der Waals surface area contributed by atoms with Crippen LogP contribution in [0.5, 0.6) is 0 Å². The van der Waals surface area contributed by atoms with Crippen LogP contribution in [-0.2, 0) is 0 Å². The molecule has 126 valence electrons. The van der Waals surface area contributed by atoms with Gasteiger partial charge in [-0.25, -0.2) is 4.98 Å². The third-order valence-electron chi connectivity index (χ3n) is 3.54. The molecular formula is C19H17ClN4O. The van der Waals surface area contributed by atoms with E-state index in [1.54, 1.807) is 25.1 Å². The van der Waals surface area contributed by atoms with Crippen molar-refractivity contribution in [3.05, 3.63) is 70.9 Å². The summed E-state index contributed by atoms with van der Waals surface area (Å²) >= 11 is 6.16. The minimum absolute atomic E-state index is 0.0376. The Bertz CT molecular complexity index is 910. The molecule has 3 aromatic rings. The Labute approximate surface area is 151 Å². The van der Waals surface area contributed by atoms with Gasteiger partial charge < -0.3 is 10.6 Å². The van der Waals surface area contributed by atoms with E-state index in [9.17, 15) is 4.79 Å². The van der Waals surface area contributed by atoms with Crippen molar-refractivity contribution in [2.75, 3.05) is 10.6 Å². The number of ketones is 1. The minimum Gasteiger partial charge on any atom is -0.340 e. The first-order valence-corrected chi connectivity index (χ1v) is 8.14. The molecule has 0 saturated carbocycles. The van der Waals surface area contributed by atoms with Gasteiger partial charge in [0.15, 0.2) is 5.78 Å². The molecule has 5 nitrogen and oxygen atoms in total. The number of para-hydroxylation sites is 1. The highest BCUT2D eigenvalue weighted by molar-refractivity contribution is 6.33. The zero-order chi connectivity index (χ0) is 17.8. The van der Waals surface area contributed by atoms with Crippen molar-refractivity contribution < 1.29 is 4.79 Å². The predicted molar refractivity (Wildman–Crippen MR) is 101 cm³/mol. The molecule has 0 aliphatic rings. The quantitative estimate of drug-likeness (QED) is 0.623. The maximum atomic E-state index is 11.3. The Hall–Kier alpha value is -2.92. The first-order chi connectivity index (χ1) is 12.0. The lowest BCUT2D eigenvalue weighted by molar-refractivity contribution is 0.101. The lowest BCUT2D eigenvalue weighted by atomic mass is 10.1. The highest BCUT2D eigenvalue weighted by Gasteiger charge is 2.06. The molecule has 0 saturated heterocycles. The van der Waals surface area contributed by atoms with Crippen LogP contribution >= 0.6 is 11.6 Å². The van der Waals surface area contributed by atoms with E-state index >= 15 is 0 Å². The van der Waals surface area contributed by atoms with E-state index in [2.05, 4.69) is 20.6 Å². The van der Waals surface area contributed by atoms with E-state index in [1.165, 1.54) is 0 Å². The second kappa shape index (κ2) is 7.32. The van der Waals surface area contributed by atoms with Gasteiger partial charge in [-0.1, -0.05) is 23.7 Å². The van der Waals surface area contributed by atoms with Crippen molar-refractivity contribution in [2.45, 2.75) is 13.8 Å². The molecule has 0 aliphatic carbocycles. The summed E-state index contributed by atoms with van der Waals surface area (Å²) in [4.78, 5) is 20.2. The summed E-state index contributed by atoms with van der Waals surface area (Å²) in [6, 6.07) is 16.5. The number of aromatic nitrogens is 2. The van der Waals surface area contributed by atoms with Gasteiger partial charge in [0.1, 0.15) is 5.82 Å². The summed E-state index contributed by atoms with van der Waals surface area (Å²) in [5.74, 6) is 1.14. The fourth-order valence-electron chi connectivity index (χ4n) is 2.31. The highest BCUT2D eigenvalue weighted by atomic mass is 35.5. The number of carbonyl (C=O) groups is 1. The number of carbonyl (C=O) groups excluding carboxylic acids is 1. The van der Waals surface area contributed by atoms with Crippen LogP contribution in [-0.4, -0.2) is 15.8 Å². The van der Waals surface area contributed by atoms with Crippen LogP contribution in [0.3, 0.4) is 0 Å². The van der Waals surface area contributed by atoms with Crippen molar-refractivity contribution in [2.24, 2.45) is 0 Å². The van der Waals surface area contributed by atoms with Crippen LogP contribution in [0.15, 0.2) is 54.6 Å². The number of rotatable bonds is 5. The van der Waals surface area contributed by atoms with Gasteiger partial charge in [-0.3, -0.25) is 4.79 Å². The second-order valence-electron chi connectivity index (χ2n) is 5.58. The molecule has 25 heavy (non-hydrogen) atoms. The molecule has 0 fully saturated rings. The third-order valence-corrected chi connectivity index (χ3v) is 3.87. The van der Waals surface area contributed by atoms with Crippen LogP contribution in [0, 0.1) is 6.92 Å². The summed E-state index contributed by atoms with van der Waals surface area (Å²) in [6.07, 6.45) is 0. The van der Waals surface area contributed by atoms with Gasteiger partial charge in [-0.05, 0) is 50.2 Å². The van der Waals surface area contributed by atoms with Crippen molar-refractivity contribution in [3.63, 3.8) is 0 Å². The van der Waals surface area contributed by atoms with Crippen molar-refractivity contribution in [1.29, 1.82) is 0 Å². The lowest BCUT2D eigenvalue weighted by Gasteiger charge is -2.11. The van der Waals surface area contributed by atoms with Crippen molar-refractivity contribution >= 4 is 40.5 Å². The minimum atomic E-state index is 0.0376. The first-order valence-electron chi connectivity index (χ1n) is 7.76. The van der Waals surface area contributed by atoms with Crippen LogP contribution in [0.4, 0.5) is 23.1 Å². The fourth-order valence-corrected chi connectivity index (χ4v) is 2.49. The van der Waals surface area contributed by atoms with E-state index in [0.29, 0.717) is 22.4 Å². The molecule has 3 rings (SSSR count). The molecule has 1 aromatic heterocycles. The van der Waals surface area contributed by atoms with Gasteiger partial charge in [0.05, 0.1) is 10.7 Å². The molecule has 0 amide bonds. The topological polar surface area (TPSA) is 66.9 Å². The monoisotopic (exact) mass is 352 g/mol. The average Bonchev–Trinajstić information content (AvgIpc) is 2.57. The molecule has 0 aliphatic heterocycles. The zero-order valence-electron chi connectivity index (χ0n) is 13.9. The van der Waals surface area contributed by atoms with Crippen LogP contribution in [0.2, 0.25) is 5.02 Å². The lowest BCUT2D eigenvalue weighted by Crippen LogP contribution is -2.03. The number of benzene rings is 2. The number of anilines is 4. The van der Waals surface area contributed by atoms with E-state index in [0.717, 1.165) is 17.1 Å². The maximum absolute atomic E-state index is 11.3. The molecular weight excluding hydrogens is 336 g/mol. The summed E-state index contributed by atoms with van der Waals surface area (Å²) in [5.41, 5.74) is 3.07. The van der Waals surface area contributed by atoms with Gasteiger partial charge in [-0.15, -0.1) is 0 Å². The normalized spacial score (nSPS) is 10.4. The van der Waals surface area contributed by atoms with Crippen molar-refractivity contribution in [1.82, 2.24) is 9.97 Å². The van der Waals surface area contributed by atoms with Crippen molar-refractivity contribution in [3.8, 4) is 0 Å². The van der Waals surface area contributed by atoms with Crippen LogP contribution in [0.25, 0.3) is 0 Å². The summed E-state index contributed by atoms with van der Waals surface area (Å²) in [5, 5.41) is 6.94. The Kier molecular flexibility index (Phi) is 4.95. The molecule has 0 bridgehead atoms. The van der Waals surface area contributed by atoms with Crippen LogP contribution < -0.4 is 10.6 Å². The predicted octanol–water partition coefficient (Wildman–Crippen LogP) is 5.13. The number of hydrogen-bond acceptors (Lipinski definition) is 5. The van der Waals surface area contributed by atoms with E-state index in [1.807, 2.05) is 43.3 Å². The Morgan fingerprint density at radius 2 is 1.72 bits per heavy atom. The van der Waals surface area contributed by atoms with Gasteiger partial charge in [0.2, 0.25) is 5.95 Å². The number of Topliss-reactive ketones (excluding diaryl/α,β-unsaturated/α-hetero) is 1. The highest BCUT2D eigenvalue weighted by Crippen LogP contribution is 2.24. The van der Waals surface area contributed by atoms with Gasteiger partial charge in [-0.2, -0.15) is 4.98 Å². The molecule has 1 heterocycles. The molecule has 0 atom stereocenters. The second-order valence-corrected chi connectivity index (χ2v) is 5.99. The molecule has 0 unspecified atom stereocenters. The Morgan fingerprint density at radius 3 is 2.40 bits per heavy atom. The molecule has 0 spiro atoms. The smallest absolute Gasteiger partial charge is 0.229 e. The summed E-state index contributed by atoms with van der Waals surface area (Å²) < 4.78 is 0. The van der Waals surface area contributed by atoms with Gasteiger partial charge in [0, 0.05) is 23.0 Å². The summed E-state index contributed by atoms with van der Waals surface area (Å²) in [7, 11) is 0. The average molecular weight is 353 g/mol. The number of nitrogens with zero attached hydrogens (tertiary/aromatic N) is 2. The van der Waals surface area contributed by atoms with E-state index in [-0.39, 0.29) is 5.78 Å². The number of aryl methyl sites for hydroxylation is 1. The standard InChI is InChI=1S/C19H17ClN4O/c1-12-11-18(22-15-9-7-14(8-10-15)13(2)25)24-19(21-12)23-17-6-4-3-5-16(17)20/h3-11H,1-2H3,(H2,21,22,23,24). The fraction of sp³-hybridized carbons (Fsp3) is 0.105. The van der Waals surface area contributed by atoms with Gasteiger partial charge in [0.25, 0.3) is 0 Å². The first kappa shape index (κ1) is 16.9. The molecule has 2 aromatic carbocycles. The number of halogens is 1. The maximum Gasteiger partial charge on any atom is 0.229 e. The Balaban J connectivity index is 1.81. The number of hydrogen-bond donors (Lipinski definition) is 2. The Morgan fingerprint density at radius 1 is 1.00 bits per heavy atom. The van der Waals surface area contributed by atoms with E-state index < -0.39 is 0 Å². The SMILES string of the molecule is CC(=O)c1ccc(Nc2cc(C)nc(Nc3ccccc3Cl)n2)cc1. The van der Waals surface area contributed by atoms with Crippen LogP contribution in [0.1, 0.15) is 23.0 Å². The summed E-state index contributed by atoms with van der Waals surface area (Å²) in [6.45, 7) is 3.44.